The summed E-state index contributed by atoms with van der Waals surface area (Å²) in [5.41, 5.74) is 3.62. The van der Waals surface area contributed by atoms with Gasteiger partial charge in [0, 0.05) is 37.9 Å². The van der Waals surface area contributed by atoms with E-state index in [1.165, 1.54) is 4.31 Å². The van der Waals surface area contributed by atoms with Crippen molar-refractivity contribution in [3.8, 4) is 0 Å². The SMILES string of the molecule is Cc1cccc(CN(C(=O)CCCN2c3cccc4cccc(c34)S2(=O)=O)C(Cc2ccccc2)C(=O)NCC(C)C)c1. The maximum atomic E-state index is 14.0. The summed E-state index contributed by atoms with van der Waals surface area (Å²) in [7, 11) is -3.71. The number of sulfonamides is 1. The maximum Gasteiger partial charge on any atom is 0.265 e. The monoisotopic (exact) mass is 597 g/mol. The summed E-state index contributed by atoms with van der Waals surface area (Å²) in [4.78, 5) is 29.7. The summed E-state index contributed by atoms with van der Waals surface area (Å²) in [5.74, 6) is -0.115. The van der Waals surface area contributed by atoms with Gasteiger partial charge >= 0.3 is 0 Å². The van der Waals surface area contributed by atoms with Gasteiger partial charge in [0.05, 0.1) is 10.6 Å². The Morgan fingerprint density at radius 1 is 0.884 bits per heavy atom. The fourth-order valence-corrected chi connectivity index (χ4v) is 7.45. The van der Waals surface area contributed by atoms with E-state index >= 15 is 0 Å². The second-order valence-electron chi connectivity index (χ2n) is 11.7. The van der Waals surface area contributed by atoms with E-state index in [-0.39, 0.29) is 37.2 Å². The first-order valence-corrected chi connectivity index (χ1v) is 16.3. The third-order valence-electron chi connectivity index (χ3n) is 7.82. The lowest BCUT2D eigenvalue weighted by Crippen LogP contribution is -2.51. The van der Waals surface area contributed by atoms with Crippen LogP contribution in [0, 0.1) is 12.8 Å². The molecule has 0 bridgehead atoms. The highest BCUT2D eigenvalue weighted by atomic mass is 32.2. The molecule has 0 aromatic heterocycles. The van der Waals surface area contributed by atoms with Crippen LogP contribution in [0.15, 0.2) is 95.9 Å². The minimum atomic E-state index is -3.71. The number of carbonyl (C=O) groups is 2. The van der Waals surface area contributed by atoms with Crippen molar-refractivity contribution in [2.45, 2.75) is 57.5 Å². The van der Waals surface area contributed by atoms with Gasteiger partial charge in [0.1, 0.15) is 6.04 Å². The highest BCUT2D eigenvalue weighted by Crippen LogP contribution is 2.42. The Kier molecular flexibility index (Phi) is 9.16. The summed E-state index contributed by atoms with van der Waals surface area (Å²) in [6.07, 6.45) is 0.797. The summed E-state index contributed by atoms with van der Waals surface area (Å²) in [6, 6.07) is 27.8. The lowest BCUT2D eigenvalue weighted by Gasteiger charge is -2.32. The van der Waals surface area contributed by atoms with Gasteiger partial charge in [0.25, 0.3) is 10.0 Å². The maximum absolute atomic E-state index is 14.0. The van der Waals surface area contributed by atoms with Crippen LogP contribution in [0.25, 0.3) is 10.8 Å². The number of hydrogen-bond donors (Lipinski definition) is 1. The van der Waals surface area contributed by atoms with E-state index in [1.54, 1.807) is 17.0 Å². The third kappa shape index (κ3) is 6.75. The highest BCUT2D eigenvalue weighted by Gasteiger charge is 2.36. The average molecular weight is 598 g/mol. The molecule has 0 fully saturated rings. The highest BCUT2D eigenvalue weighted by molar-refractivity contribution is 7.93. The van der Waals surface area contributed by atoms with Crippen molar-refractivity contribution in [2.75, 3.05) is 17.4 Å². The molecule has 0 saturated heterocycles. The van der Waals surface area contributed by atoms with Crippen LogP contribution in [0.2, 0.25) is 0 Å². The van der Waals surface area contributed by atoms with Crippen LogP contribution in [0.1, 0.15) is 43.4 Å². The number of aryl methyl sites for hydroxylation is 1. The van der Waals surface area contributed by atoms with Crippen LogP contribution in [0.3, 0.4) is 0 Å². The van der Waals surface area contributed by atoms with Gasteiger partial charge in [-0.05, 0) is 47.9 Å². The van der Waals surface area contributed by atoms with Crippen LogP contribution >= 0.6 is 0 Å². The molecule has 8 heteroatoms. The van der Waals surface area contributed by atoms with E-state index in [2.05, 4.69) is 5.32 Å². The zero-order chi connectivity index (χ0) is 30.6. The molecule has 1 unspecified atom stereocenters. The number of anilines is 1. The standard InChI is InChI=1S/C35H39N3O4S/c1-25(2)23-36-35(40)31(22-27-12-5-4-6-13-27)37(24-28-14-7-11-26(3)21-28)33(39)19-10-20-38-30-17-8-15-29-16-9-18-32(34(29)30)43(38,41)42/h4-9,11-18,21,25,31H,10,19-20,22-24H2,1-3H3,(H,36,40). The predicted octanol–water partition coefficient (Wildman–Crippen LogP) is 5.85. The van der Waals surface area contributed by atoms with Gasteiger partial charge < -0.3 is 10.2 Å². The van der Waals surface area contributed by atoms with E-state index in [1.807, 2.05) is 99.6 Å². The molecule has 5 rings (SSSR count). The largest absolute Gasteiger partial charge is 0.354 e. The van der Waals surface area contributed by atoms with Gasteiger partial charge in [0.2, 0.25) is 11.8 Å². The van der Waals surface area contributed by atoms with Gasteiger partial charge in [-0.25, -0.2) is 8.42 Å². The van der Waals surface area contributed by atoms with E-state index in [0.29, 0.717) is 30.0 Å². The zero-order valence-electron chi connectivity index (χ0n) is 25.0. The minimum absolute atomic E-state index is 0.104. The van der Waals surface area contributed by atoms with Gasteiger partial charge in [0.15, 0.2) is 0 Å². The minimum Gasteiger partial charge on any atom is -0.354 e. The fourth-order valence-electron chi connectivity index (χ4n) is 5.70. The van der Waals surface area contributed by atoms with Crippen molar-refractivity contribution >= 4 is 38.3 Å². The summed E-state index contributed by atoms with van der Waals surface area (Å²) >= 11 is 0. The Hall–Kier alpha value is -4.17. The van der Waals surface area contributed by atoms with Crippen molar-refractivity contribution in [2.24, 2.45) is 5.92 Å². The Labute approximate surface area is 254 Å². The molecule has 43 heavy (non-hydrogen) atoms. The van der Waals surface area contributed by atoms with Crippen LogP contribution < -0.4 is 9.62 Å². The molecule has 0 spiro atoms. The molecule has 4 aromatic rings. The summed E-state index contributed by atoms with van der Waals surface area (Å²) < 4.78 is 28.3. The lowest BCUT2D eigenvalue weighted by atomic mass is 10.0. The summed E-state index contributed by atoms with van der Waals surface area (Å²) in [5, 5.41) is 4.64. The molecule has 7 nitrogen and oxygen atoms in total. The van der Waals surface area contributed by atoms with Crippen molar-refractivity contribution < 1.29 is 18.0 Å². The molecule has 1 aliphatic heterocycles. The van der Waals surface area contributed by atoms with Crippen LogP contribution in [-0.2, 0) is 32.6 Å². The van der Waals surface area contributed by atoms with Crippen molar-refractivity contribution in [3.63, 3.8) is 0 Å². The van der Waals surface area contributed by atoms with Gasteiger partial charge in [-0.2, -0.15) is 0 Å². The molecule has 1 atom stereocenters. The second-order valence-corrected chi connectivity index (χ2v) is 13.5. The van der Waals surface area contributed by atoms with E-state index in [9.17, 15) is 18.0 Å². The third-order valence-corrected chi connectivity index (χ3v) is 9.68. The Bertz CT molecular complexity index is 1710. The smallest absolute Gasteiger partial charge is 0.265 e. The molecule has 0 radical (unpaired) electrons. The Balaban J connectivity index is 1.39. The molecule has 4 aromatic carbocycles. The molecule has 1 heterocycles. The van der Waals surface area contributed by atoms with Crippen LogP contribution in [0.5, 0.6) is 0 Å². The predicted molar refractivity (Wildman–Crippen MR) is 171 cm³/mol. The molecular formula is C35H39N3O4S. The number of rotatable bonds is 12. The lowest BCUT2D eigenvalue weighted by molar-refractivity contribution is -0.141. The molecule has 0 saturated carbocycles. The topological polar surface area (TPSA) is 86.8 Å². The van der Waals surface area contributed by atoms with Gasteiger partial charge in [-0.3, -0.25) is 13.9 Å². The Morgan fingerprint density at radius 2 is 1.58 bits per heavy atom. The number of nitrogens with one attached hydrogen (secondary N) is 1. The average Bonchev–Trinajstić information content (AvgIpc) is 3.21. The number of benzene rings is 4. The first-order chi connectivity index (χ1) is 20.6. The quantitative estimate of drug-likeness (QED) is 0.222. The Morgan fingerprint density at radius 3 is 2.30 bits per heavy atom. The van der Waals surface area contributed by atoms with E-state index in [0.717, 1.165) is 27.5 Å². The van der Waals surface area contributed by atoms with Crippen LogP contribution in [0.4, 0.5) is 5.69 Å². The van der Waals surface area contributed by atoms with Crippen molar-refractivity contribution in [1.82, 2.24) is 10.2 Å². The van der Waals surface area contributed by atoms with Crippen LogP contribution in [-0.4, -0.2) is 44.3 Å². The van der Waals surface area contributed by atoms with E-state index in [4.69, 9.17) is 0 Å². The summed E-state index contributed by atoms with van der Waals surface area (Å²) in [6.45, 7) is 7.03. The molecule has 1 N–H and O–H groups in total. The normalized spacial score (nSPS) is 14.2. The molecular weight excluding hydrogens is 558 g/mol. The first kappa shape index (κ1) is 30.3. The number of nitrogens with zero attached hydrogens (tertiary/aromatic N) is 2. The van der Waals surface area contributed by atoms with Crippen molar-refractivity contribution in [3.05, 3.63) is 108 Å². The zero-order valence-corrected chi connectivity index (χ0v) is 25.8. The molecule has 1 aliphatic rings. The number of carbonyl (C=O) groups excluding carboxylic acids is 2. The number of amides is 2. The van der Waals surface area contributed by atoms with Gasteiger partial charge in [-0.1, -0.05) is 98.3 Å². The van der Waals surface area contributed by atoms with Crippen molar-refractivity contribution in [1.29, 1.82) is 0 Å². The fraction of sp³-hybridized carbons (Fsp3) is 0.314. The van der Waals surface area contributed by atoms with E-state index < -0.39 is 16.1 Å². The first-order valence-electron chi connectivity index (χ1n) is 14.9. The number of hydrogen-bond acceptors (Lipinski definition) is 4. The molecule has 2 amide bonds. The second kappa shape index (κ2) is 13.0. The van der Waals surface area contributed by atoms with Gasteiger partial charge in [-0.15, -0.1) is 0 Å². The molecule has 224 valence electrons. The molecule has 0 aliphatic carbocycles.